The Balaban J connectivity index is 1.82. The number of aromatic nitrogens is 2. The summed E-state index contributed by atoms with van der Waals surface area (Å²) in [5.41, 5.74) is 0.276. The average Bonchev–Trinajstić information content (AvgIpc) is 3.06. The number of carbonyl (C=O) groups excluding carboxylic acids is 2. The Labute approximate surface area is 167 Å². The zero-order valence-electron chi connectivity index (χ0n) is 14.3. The standard InChI is InChI=1S/C17H12ClN5O4S/c1-9-21-22-17(28-9)20-16(25)12-4-2-3-5-14(12)19-15(24)11-7-6-10(23(26)27)8-13(11)18/h2-8H,1H3,(H,19,24)(H,20,22,25). The fourth-order valence-electron chi connectivity index (χ4n) is 2.29. The van der Waals surface area contributed by atoms with E-state index in [1.807, 2.05) is 0 Å². The van der Waals surface area contributed by atoms with Gasteiger partial charge in [0.1, 0.15) is 5.01 Å². The van der Waals surface area contributed by atoms with E-state index in [0.29, 0.717) is 10.1 Å². The first kappa shape index (κ1) is 19.4. The van der Waals surface area contributed by atoms with Gasteiger partial charge < -0.3 is 5.32 Å². The number of rotatable bonds is 5. The van der Waals surface area contributed by atoms with Crippen LogP contribution < -0.4 is 10.6 Å². The molecule has 0 aliphatic rings. The maximum absolute atomic E-state index is 12.5. The van der Waals surface area contributed by atoms with Gasteiger partial charge in [-0.1, -0.05) is 35.1 Å². The van der Waals surface area contributed by atoms with Gasteiger partial charge in [0.15, 0.2) is 0 Å². The van der Waals surface area contributed by atoms with E-state index in [9.17, 15) is 19.7 Å². The van der Waals surface area contributed by atoms with Crippen LogP contribution in [0.2, 0.25) is 5.02 Å². The van der Waals surface area contributed by atoms with Gasteiger partial charge in [-0.2, -0.15) is 0 Å². The zero-order chi connectivity index (χ0) is 20.3. The molecule has 0 bridgehead atoms. The molecule has 0 spiro atoms. The van der Waals surface area contributed by atoms with E-state index in [-0.39, 0.29) is 27.5 Å². The van der Waals surface area contributed by atoms with Gasteiger partial charge in [0.05, 0.1) is 26.8 Å². The van der Waals surface area contributed by atoms with Crippen molar-refractivity contribution < 1.29 is 14.5 Å². The summed E-state index contributed by atoms with van der Waals surface area (Å²) in [5, 5.41) is 24.6. The smallest absolute Gasteiger partial charge is 0.270 e. The molecule has 0 radical (unpaired) electrons. The summed E-state index contributed by atoms with van der Waals surface area (Å²) >= 11 is 7.21. The Morgan fingerprint density at radius 2 is 1.79 bits per heavy atom. The van der Waals surface area contributed by atoms with Crippen LogP contribution in [0.1, 0.15) is 25.7 Å². The lowest BCUT2D eigenvalue weighted by molar-refractivity contribution is -0.384. The maximum atomic E-state index is 12.5. The molecule has 0 unspecified atom stereocenters. The van der Waals surface area contributed by atoms with E-state index >= 15 is 0 Å². The molecular formula is C17H12ClN5O4S. The number of nitrogens with one attached hydrogen (secondary N) is 2. The number of halogens is 1. The highest BCUT2D eigenvalue weighted by Gasteiger charge is 2.18. The van der Waals surface area contributed by atoms with Crippen molar-refractivity contribution in [1.29, 1.82) is 0 Å². The van der Waals surface area contributed by atoms with Crippen LogP contribution in [0.15, 0.2) is 42.5 Å². The first-order valence-electron chi connectivity index (χ1n) is 7.81. The summed E-state index contributed by atoms with van der Waals surface area (Å²) in [5.74, 6) is -1.08. The second-order valence-corrected chi connectivity index (χ2v) is 7.09. The fraction of sp³-hybridized carbons (Fsp3) is 0.0588. The summed E-state index contributed by atoms with van der Waals surface area (Å²) in [7, 11) is 0. The van der Waals surface area contributed by atoms with Crippen molar-refractivity contribution in [3.8, 4) is 0 Å². The van der Waals surface area contributed by atoms with Gasteiger partial charge in [0.25, 0.3) is 17.5 Å². The largest absolute Gasteiger partial charge is 0.321 e. The first-order chi connectivity index (χ1) is 13.3. The lowest BCUT2D eigenvalue weighted by Crippen LogP contribution is -2.18. The van der Waals surface area contributed by atoms with E-state index < -0.39 is 16.7 Å². The van der Waals surface area contributed by atoms with Crippen LogP contribution in [-0.2, 0) is 0 Å². The molecular weight excluding hydrogens is 406 g/mol. The number of para-hydroxylation sites is 1. The monoisotopic (exact) mass is 417 g/mol. The van der Waals surface area contributed by atoms with Crippen molar-refractivity contribution in [3.63, 3.8) is 0 Å². The van der Waals surface area contributed by atoms with Gasteiger partial charge >= 0.3 is 0 Å². The minimum atomic E-state index is -0.609. The number of amides is 2. The van der Waals surface area contributed by atoms with Crippen LogP contribution in [0.25, 0.3) is 0 Å². The third-order valence-corrected chi connectivity index (χ3v) is 4.64. The Kier molecular flexibility index (Phi) is 5.62. The lowest BCUT2D eigenvalue weighted by Gasteiger charge is -2.11. The van der Waals surface area contributed by atoms with E-state index in [4.69, 9.17) is 11.6 Å². The van der Waals surface area contributed by atoms with Crippen LogP contribution >= 0.6 is 22.9 Å². The SMILES string of the molecule is Cc1nnc(NC(=O)c2ccccc2NC(=O)c2ccc([N+](=O)[O-])cc2Cl)s1. The Morgan fingerprint density at radius 1 is 1.07 bits per heavy atom. The van der Waals surface area contributed by atoms with Crippen molar-refractivity contribution in [2.75, 3.05) is 10.6 Å². The van der Waals surface area contributed by atoms with Gasteiger partial charge in [0.2, 0.25) is 5.13 Å². The molecule has 2 aromatic carbocycles. The molecule has 0 aliphatic carbocycles. The predicted octanol–water partition coefficient (Wildman–Crippen LogP) is 3.91. The molecule has 0 atom stereocenters. The molecule has 0 saturated carbocycles. The Hall–Kier alpha value is -3.37. The predicted molar refractivity (Wildman–Crippen MR) is 105 cm³/mol. The van der Waals surface area contributed by atoms with Crippen LogP contribution in [-0.4, -0.2) is 26.9 Å². The number of aryl methyl sites for hydroxylation is 1. The van der Waals surface area contributed by atoms with Gasteiger partial charge in [-0.15, -0.1) is 10.2 Å². The van der Waals surface area contributed by atoms with Crippen LogP contribution in [0.4, 0.5) is 16.5 Å². The number of nitro groups is 1. The molecule has 0 saturated heterocycles. The number of carbonyl (C=O) groups is 2. The number of non-ortho nitro benzene ring substituents is 1. The first-order valence-corrected chi connectivity index (χ1v) is 9.00. The molecule has 2 amide bonds. The number of nitrogens with zero attached hydrogens (tertiary/aromatic N) is 3. The van der Waals surface area contributed by atoms with Crippen molar-refractivity contribution in [3.05, 3.63) is 73.7 Å². The quantitative estimate of drug-likeness (QED) is 0.478. The summed E-state index contributed by atoms with van der Waals surface area (Å²) in [6.45, 7) is 1.76. The van der Waals surface area contributed by atoms with Crippen LogP contribution in [0, 0.1) is 17.0 Å². The van der Waals surface area contributed by atoms with Crippen molar-refractivity contribution in [1.82, 2.24) is 10.2 Å². The highest BCUT2D eigenvalue weighted by Crippen LogP contribution is 2.25. The Bertz CT molecular complexity index is 1080. The third kappa shape index (κ3) is 4.30. The number of nitro benzene ring substituents is 1. The van der Waals surface area contributed by atoms with Crippen molar-refractivity contribution >= 4 is 51.3 Å². The van der Waals surface area contributed by atoms with Gasteiger partial charge in [0, 0.05) is 12.1 Å². The molecule has 2 N–H and O–H groups in total. The minimum Gasteiger partial charge on any atom is -0.321 e. The second kappa shape index (κ2) is 8.11. The highest BCUT2D eigenvalue weighted by atomic mass is 35.5. The molecule has 11 heteroatoms. The van der Waals surface area contributed by atoms with Gasteiger partial charge in [-0.05, 0) is 25.1 Å². The van der Waals surface area contributed by atoms with Gasteiger partial charge in [-0.25, -0.2) is 0 Å². The van der Waals surface area contributed by atoms with Crippen LogP contribution in [0.5, 0.6) is 0 Å². The zero-order valence-corrected chi connectivity index (χ0v) is 15.9. The number of hydrogen-bond acceptors (Lipinski definition) is 7. The topological polar surface area (TPSA) is 127 Å². The third-order valence-electron chi connectivity index (χ3n) is 3.57. The Morgan fingerprint density at radius 3 is 2.43 bits per heavy atom. The highest BCUT2D eigenvalue weighted by molar-refractivity contribution is 7.15. The van der Waals surface area contributed by atoms with Gasteiger partial charge in [-0.3, -0.25) is 25.0 Å². The molecule has 3 rings (SSSR count). The average molecular weight is 418 g/mol. The lowest BCUT2D eigenvalue weighted by atomic mass is 10.1. The van der Waals surface area contributed by atoms with E-state index in [0.717, 1.165) is 6.07 Å². The van der Waals surface area contributed by atoms with E-state index in [1.54, 1.807) is 25.1 Å². The number of benzene rings is 2. The van der Waals surface area contributed by atoms with Crippen molar-refractivity contribution in [2.24, 2.45) is 0 Å². The molecule has 1 aromatic heterocycles. The summed E-state index contributed by atoms with van der Waals surface area (Å²) < 4.78 is 0. The maximum Gasteiger partial charge on any atom is 0.270 e. The molecule has 0 fully saturated rings. The molecule has 1 heterocycles. The molecule has 0 aliphatic heterocycles. The fourth-order valence-corrected chi connectivity index (χ4v) is 3.14. The molecule has 3 aromatic rings. The normalized spacial score (nSPS) is 10.4. The minimum absolute atomic E-state index is 0.0437. The van der Waals surface area contributed by atoms with Crippen LogP contribution in [0.3, 0.4) is 0 Å². The summed E-state index contributed by atoms with van der Waals surface area (Å²) in [6.07, 6.45) is 0. The summed E-state index contributed by atoms with van der Waals surface area (Å²) in [4.78, 5) is 35.2. The van der Waals surface area contributed by atoms with E-state index in [2.05, 4.69) is 20.8 Å². The number of anilines is 2. The van der Waals surface area contributed by atoms with Crippen molar-refractivity contribution in [2.45, 2.75) is 6.92 Å². The molecule has 142 valence electrons. The summed E-state index contributed by atoms with van der Waals surface area (Å²) in [6, 6.07) is 9.91. The number of hydrogen-bond donors (Lipinski definition) is 2. The second-order valence-electron chi connectivity index (χ2n) is 5.50. The molecule has 9 nitrogen and oxygen atoms in total. The molecule has 28 heavy (non-hydrogen) atoms. The van der Waals surface area contributed by atoms with E-state index in [1.165, 1.54) is 29.5 Å².